The third-order valence-electron chi connectivity index (χ3n) is 2.41. The molecule has 1 aromatic heterocycles. The quantitative estimate of drug-likeness (QED) is 0.908. The molecule has 1 heterocycles. The van der Waals surface area contributed by atoms with Gasteiger partial charge in [0, 0.05) is 12.1 Å². The molecule has 2 aromatic rings. The molecule has 0 fully saturated rings. The van der Waals surface area contributed by atoms with Crippen LogP contribution >= 0.6 is 0 Å². The number of hydrogen-bond acceptors (Lipinski definition) is 5. The summed E-state index contributed by atoms with van der Waals surface area (Å²) in [5, 5.41) is 16.8. The Labute approximate surface area is 109 Å². The lowest BCUT2D eigenvalue weighted by Crippen LogP contribution is -2.01. The molecule has 0 spiro atoms. The van der Waals surface area contributed by atoms with E-state index in [0.717, 1.165) is 5.69 Å². The van der Waals surface area contributed by atoms with Gasteiger partial charge in [-0.15, -0.1) is 5.10 Å². The summed E-state index contributed by atoms with van der Waals surface area (Å²) in [6.07, 6.45) is 0. The number of aryl methyl sites for hydroxylation is 1. The maximum atomic E-state index is 11.1. The molecule has 6 nitrogen and oxygen atoms in total. The van der Waals surface area contributed by atoms with Crippen LogP contribution < -0.4 is 9.47 Å². The summed E-state index contributed by atoms with van der Waals surface area (Å²) in [4.78, 5) is 11.1. The molecule has 0 saturated carbocycles. The van der Waals surface area contributed by atoms with Crippen LogP contribution in [0.5, 0.6) is 17.4 Å². The van der Waals surface area contributed by atoms with Crippen molar-refractivity contribution in [3.8, 4) is 17.4 Å². The van der Waals surface area contributed by atoms with E-state index in [0.29, 0.717) is 5.75 Å². The first-order valence-electron chi connectivity index (χ1n) is 5.49. The summed E-state index contributed by atoms with van der Waals surface area (Å²) in [6.45, 7) is 1.80. The molecule has 0 aliphatic rings. The summed E-state index contributed by atoms with van der Waals surface area (Å²) < 4.78 is 10.5. The van der Waals surface area contributed by atoms with Gasteiger partial charge in [0.25, 0.3) is 0 Å². The summed E-state index contributed by atoms with van der Waals surface area (Å²) in [5.41, 5.74) is 0.777. The van der Waals surface area contributed by atoms with Crippen molar-refractivity contribution in [2.45, 2.75) is 6.92 Å². The Morgan fingerprint density at radius 3 is 2.58 bits per heavy atom. The maximum Gasteiger partial charge on any atom is 0.339 e. The van der Waals surface area contributed by atoms with Gasteiger partial charge in [-0.2, -0.15) is 5.10 Å². The van der Waals surface area contributed by atoms with E-state index in [1.54, 1.807) is 25.1 Å². The van der Waals surface area contributed by atoms with Crippen LogP contribution in [0.15, 0.2) is 30.3 Å². The first kappa shape index (κ1) is 12.8. The van der Waals surface area contributed by atoms with Crippen LogP contribution in [0.4, 0.5) is 0 Å². The minimum atomic E-state index is -1.09. The number of methoxy groups -OCH3 is 1. The molecule has 0 atom stereocenters. The van der Waals surface area contributed by atoms with Gasteiger partial charge >= 0.3 is 5.97 Å². The summed E-state index contributed by atoms with van der Waals surface area (Å²) in [7, 11) is 1.49. The number of carboxylic acids is 1. The van der Waals surface area contributed by atoms with E-state index in [4.69, 9.17) is 14.6 Å². The summed E-state index contributed by atoms with van der Waals surface area (Å²) >= 11 is 0. The van der Waals surface area contributed by atoms with E-state index in [1.807, 2.05) is 0 Å². The molecule has 2 rings (SSSR count). The van der Waals surface area contributed by atoms with E-state index >= 15 is 0 Å². The van der Waals surface area contributed by atoms with E-state index in [-0.39, 0.29) is 17.2 Å². The highest BCUT2D eigenvalue weighted by atomic mass is 16.5. The number of benzene rings is 1. The average Bonchev–Trinajstić information content (AvgIpc) is 2.41. The summed E-state index contributed by atoms with van der Waals surface area (Å²) in [6, 6.07) is 7.80. The third-order valence-corrected chi connectivity index (χ3v) is 2.41. The van der Waals surface area contributed by atoms with Crippen LogP contribution in [-0.2, 0) is 0 Å². The molecule has 0 aliphatic carbocycles. The Balaban J connectivity index is 2.36. The molecule has 1 aromatic carbocycles. The number of carboxylic acid groups (broad SMARTS) is 1. The Hall–Kier alpha value is -2.63. The van der Waals surface area contributed by atoms with Crippen molar-refractivity contribution < 1.29 is 19.4 Å². The Bertz CT molecular complexity index is 596. The smallest absolute Gasteiger partial charge is 0.339 e. The third kappa shape index (κ3) is 2.98. The number of rotatable bonds is 4. The van der Waals surface area contributed by atoms with Crippen molar-refractivity contribution in [3.05, 3.63) is 41.6 Å². The van der Waals surface area contributed by atoms with Gasteiger partial charge in [0.05, 0.1) is 12.8 Å². The van der Waals surface area contributed by atoms with Crippen molar-refractivity contribution in [2.24, 2.45) is 0 Å². The predicted molar refractivity (Wildman–Crippen MR) is 66.8 cm³/mol. The first-order chi connectivity index (χ1) is 9.10. The van der Waals surface area contributed by atoms with Gasteiger partial charge in [0.1, 0.15) is 17.1 Å². The highest BCUT2D eigenvalue weighted by Gasteiger charge is 2.14. The van der Waals surface area contributed by atoms with E-state index in [9.17, 15) is 4.79 Å². The fourth-order valence-electron chi connectivity index (χ4n) is 1.44. The van der Waals surface area contributed by atoms with Crippen LogP contribution in [0, 0.1) is 6.92 Å². The highest BCUT2D eigenvalue weighted by Crippen LogP contribution is 2.28. The van der Waals surface area contributed by atoms with Gasteiger partial charge in [-0.25, -0.2) is 4.79 Å². The largest absolute Gasteiger partial charge is 0.497 e. The lowest BCUT2D eigenvalue weighted by Gasteiger charge is -2.09. The maximum absolute atomic E-state index is 11.1. The molecule has 0 radical (unpaired) electrons. The molecule has 1 N–H and O–H groups in total. The van der Waals surface area contributed by atoms with Gasteiger partial charge in [0.15, 0.2) is 0 Å². The SMILES string of the molecule is COc1ccc(C(=O)O)c(Oc2ccc(C)nn2)c1. The molecule has 98 valence electrons. The Kier molecular flexibility index (Phi) is 3.61. The van der Waals surface area contributed by atoms with E-state index in [1.165, 1.54) is 19.2 Å². The molecular weight excluding hydrogens is 248 g/mol. The van der Waals surface area contributed by atoms with Gasteiger partial charge in [0.2, 0.25) is 5.88 Å². The fourth-order valence-corrected chi connectivity index (χ4v) is 1.44. The molecule has 19 heavy (non-hydrogen) atoms. The van der Waals surface area contributed by atoms with Crippen molar-refractivity contribution in [1.82, 2.24) is 10.2 Å². The number of hydrogen-bond donors (Lipinski definition) is 1. The van der Waals surface area contributed by atoms with Gasteiger partial charge in [-0.05, 0) is 25.1 Å². The van der Waals surface area contributed by atoms with E-state index < -0.39 is 5.97 Å². The zero-order valence-electron chi connectivity index (χ0n) is 10.5. The molecular formula is C13H12N2O4. The minimum absolute atomic E-state index is 0.0307. The molecule has 0 unspecified atom stereocenters. The van der Waals surface area contributed by atoms with Crippen molar-refractivity contribution in [3.63, 3.8) is 0 Å². The lowest BCUT2D eigenvalue weighted by atomic mass is 10.2. The summed E-state index contributed by atoms with van der Waals surface area (Å²) in [5.74, 6) is -0.204. The molecule has 0 aliphatic heterocycles. The standard InChI is InChI=1S/C13H12N2O4/c1-8-3-6-12(15-14-8)19-11-7-9(18-2)4-5-10(11)13(16)17/h3-7H,1-2H3,(H,16,17). The van der Waals surface area contributed by atoms with Crippen molar-refractivity contribution >= 4 is 5.97 Å². The normalized spacial score (nSPS) is 10.0. The second kappa shape index (κ2) is 5.34. The minimum Gasteiger partial charge on any atom is -0.497 e. The second-order valence-corrected chi connectivity index (χ2v) is 3.78. The van der Waals surface area contributed by atoms with Crippen molar-refractivity contribution in [2.75, 3.05) is 7.11 Å². The number of nitrogens with zero attached hydrogens (tertiary/aromatic N) is 2. The van der Waals surface area contributed by atoms with Crippen LogP contribution in [0.25, 0.3) is 0 Å². The topological polar surface area (TPSA) is 81.5 Å². The zero-order valence-corrected chi connectivity index (χ0v) is 10.5. The van der Waals surface area contributed by atoms with E-state index in [2.05, 4.69) is 10.2 Å². The first-order valence-corrected chi connectivity index (χ1v) is 5.49. The highest BCUT2D eigenvalue weighted by molar-refractivity contribution is 5.91. The zero-order chi connectivity index (χ0) is 13.8. The number of aromatic carboxylic acids is 1. The molecule has 0 saturated heterocycles. The van der Waals surface area contributed by atoms with Gasteiger partial charge in [-0.1, -0.05) is 0 Å². The molecule has 0 amide bonds. The van der Waals surface area contributed by atoms with Crippen LogP contribution in [-0.4, -0.2) is 28.4 Å². The predicted octanol–water partition coefficient (Wildman–Crippen LogP) is 2.28. The molecule has 6 heteroatoms. The van der Waals surface area contributed by atoms with Crippen LogP contribution in [0.2, 0.25) is 0 Å². The van der Waals surface area contributed by atoms with Crippen LogP contribution in [0.1, 0.15) is 16.1 Å². The number of ether oxygens (including phenoxy) is 2. The molecule has 0 bridgehead atoms. The van der Waals surface area contributed by atoms with Crippen molar-refractivity contribution in [1.29, 1.82) is 0 Å². The number of aromatic nitrogens is 2. The fraction of sp³-hybridized carbons (Fsp3) is 0.154. The Morgan fingerprint density at radius 2 is 2.00 bits per heavy atom. The van der Waals surface area contributed by atoms with Gasteiger partial charge < -0.3 is 14.6 Å². The van der Waals surface area contributed by atoms with Crippen LogP contribution in [0.3, 0.4) is 0 Å². The number of carbonyl (C=O) groups is 1. The second-order valence-electron chi connectivity index (χ2n) is 3.78. The Morgan fingerprint density at radius 1 is 1.21 bits per heavy atom. The average molecular weight is 260 g/mol. The monoisotopic (exact) mass is 260 g/mol. The lowest BCUT2D eigenvalue weighted by molar-refractivity contribution is 0.0694. The van der Waals surface area contributed by atoms with Gasteiger partial charge in [-0.3, -0.25) is 0 Å².